The van der Waals surface area contributed by atoms with Crippen LogP contribution in [0, 0.1) is 6.92 Å². The molecule has 1 aromatic carbocycles. The fraction of sp³-hybridized carbons (Fsp3) is 0.364. The number of fused-ring (bicyclic) bond motifs is 1. The van der Waals surface area contributed by atoms with Gasteiger partial charge in [0.2, 0.25) is 0 Å². The molecule has 1 heterocycles. The minimum absolute atomic E-state index is 0.128. The van der Waals surface area contributed by atoms with Gasteiger partial charge in [-0.15, -0.1) is 0 Å². The number of aryl methyl sites for hydroxylation is 1. The Labute approximate surface area is 73.1 Å². The van der Waals surface area contributed by atoms with Crippen LogP contribution in [0.1, 0.15) is 25.0 Å². The topological polar surface area (TPSA) is 12.4 Å². The summed E-state index contributed by atoms with van der Waals surface area (Å²) >= 11 is 0. The molecule has 0 amide bonds. The highest BCUT2D eigenvalue weighted by atomic mass is 14.8. The van der Waals surface area contributed by atoms with Crippen molar-refractivity contribution < 1.29 is 0 Å². The van der Waals surface area contributed by atoms with Crippen LogP contribution in [0.3, 0.4) is 0 Å². The van der Waals surface area contributed by atoms with Crippen molar-refractivity contribution in [3.8, 4) is 0 Å². The van der Waals surface area contributed by atoms with Crippen molar-refractivity contribution >= 4 is 11.9 Å². The third kappa shape index (κ3) is 0.970. The van der Waals surface area contributed by atoms with Crippen molar-refractivity contribution in [1.82, 2.24) is 0 Å². The molecular formula is C11H13N. The summed E-state index contributed by atoms with van der Waals surface area (Å²) in [6.45, 7) is 6.48. The van der Waals surface area contributed by atoms with Crippen molar-refractivity contribution in [3.05, 3.63) is 29.3 Å². The highest BCUT2D eigenvalue weighted by Gasteiger charge is 2.25. The molecule has 0 atom stereocenters. The SMILES string of the molecule is Cc1ccc2c(c1)N=CC2(C)C. The molecule has 0 spiro atoms. The van der Waals surface area contributed by atoms with E-state index in [4.69, 9.17) is 0 Å². The molecule has 0 saturated heterocycles. The van der Waals surface area contributed by atoms with Gasteiger partial charge in [0.1, 0.15) is 0 Å². The van der Waals surface area contributed by atoms with Gasteiger partial charge in [-0.1, -0.05) is 26.0 Å². The molecule has 1 heteroatoms. The highest BCUT2D eigenvalue weighted by molar-refractivity contribution is 5.84. The lowest BCUT2D eigenvalue weighted by atomic mass is 9.87. The standard InChI is InChI=1S/C11H13N/c1-8-4-5-9-10(6-8)12-7-11(9,2)3/h4-7H,1-3H3. The van der Waals surface area contributed by atoms with E-state index in [1.165, 1.54) is 11.1 Å². The van der Waals surface area contributed by atoms with Crippen LogP contribution in [0.5, 0.6) is 0 Å². The molecule has 2 rings (SSSR count). The van der Waals surface area contributed by atoms with E-state index in [1.54, 1.807) is 0 Å². The molecule has 0 fully saturated rings. The summed E-state index contributed by atoms with van der Waals surface area (Å²) in [5.74, 6) is 0. The molecule has 12 heavy (non-hydrogen) atoms. The van der Waals surface area contributed by atoms with Crippen LogP contribution in [0.2, 0.25) is 0 Å². The maximum atomic E-state index is 4.39. The van der Waals surface area contributed by atoms with Crippen LogP contribution in [-0.2, 0) is 5.41 Å². The normalized spacial score (nSPS) is 17.9. The number of benzene rings is 1. The second-order valence-corrected chi connectivity index (χ2v) is 4.00. The molecule has 0 unspecified atom stereocenters. The first-order valence-corrected chi connectivity index (χ1v) is 4.26. The van der Waals surface area contributed by atoms with Gasteiger partial charge in [0, 0.05) is 11.6 Å². The molecule has 62 valence electrons. The number of rotatable bonds is 0. The quantitative estimate of drug-likeness (QED) is 0.552. The predicted molar refractivity (Wildman–Crippen MR) is 52.4 cm³/mol. The van der Waals surface area contributed by atoms with Crippen molar-refractivity contribution in [2.24, 2.45) is 4.99 Å². The van der Waals surface area contributed by atoms with Gasteiger partial charge in [0.25, 0.3) is 0 Å². The number of nitrogens with zero attached hydrogens (tertiary/aromatic N) is 1. The molecule has 1 aliphatic rings. The maximum absolute atomic E-state index is 4.39. The van der Waals surface area contributed by atoms with E-state index in [0.717, 1.165) is 5.69 Å². The average Bonchev–Trinajstić information content (AvgIpc) is 2.27. The summed E-state index contributed by atoms with van der Waals surface area (Å²) in [7, 11) is 0. The highest BCUT2D eigenvalue weighted by Crippen LogP contribution is 2.36. The van der Waals surface area contributed by atoms with Crippen molar-refractivity contribution in [2.45, 2.75) is 26.2 Å². The molecule has 0 bridgehead atoms. The largest absolute Gasteiger partial charge is 0.260 e. The predicted octanol–water partition coefficient (Wildman–Crippen LogP) is 2.99. The summed E-state index contributed by atoms with van der Waals surface area (Å²) in [5, 5.41) is 0. The Morgan fingerprint density at radius 2 is 2.00 bits per heavy atom. The molecule has 0 saturated carbocycles. The fourth-order valence-corrected chi connectivity index (χ4v) is 1.59. The Balaban J connectivity index is 2.62. The van der Waals surface area contributed by atoms with Crippen LogP contribution in [-0.4, -0.2) is 6.21 Å². The summed E-state index contributed by atoms with van der Waals surface area (Å²) < 4.78 is 0. The molecule has 0 radical (unpaired) electrons. The van der Waals surface area contributed by atoms with E-state index < -0.39 is 0 Å². The molecule has 1 aliphatic heterocycles. The molecular weight excluding hydrogens is 146 g/mol. The molecule has 0 N–H and O–H groups in total. The number of hydrogen-bond donors (Lipinski definition) is 0. The molecule has 1 nitrogen and oxygen atoms in total. The summed E-state index contributed by atoms with van der Waals surface area (Å²) in [5.41, 5.74) is 3.89. The zero-order valence-corrected chi connectivity index (χ0v) is 7.76. The van der Waals surface area contributed by atoms with Gasteiger partial charge in [-0.25, -0.2) is 0 Å². The first-order valence-electron chi connectivity index (χ1n) is 4.26. The van der Waals surface area contributed by atoms with E-state index in [2.05, 4.69) is 44.0 Å². The van der Waals surface area contributed by atoms with E-state index in [0.29, 0.717) is 0 Å². The zero-order chi connectivity index (χ0) is 8.77. The van der Waals surface area contributed by atoms with Crippen molar-refractivity contribution in [1.29, 1.82) is 0 Å². The summed E-state index contributed by atoms with van der Waals surface area (Å²) in [6.07, 6.45) is 2.02. The van der Waals surface area contributed by atoms with Gasteiger partial charge in [0.15, 0.2) is 0 Å². The van der Waals surface area contributed by atoms with Crippen molar-refractivity contribution in [3.63, 3.8) is 0 Å². The first kappa shape index (κ1) is 7.53. The molecule has 0 aliphatic carbocycles. The number of hydrogen-bond acceptors (Lipinski definition) is 1. The van der Waals surface area contributed by atoms with Gasteiger partial charge in [-0.05, 0) is 24.1 Å². The van der Waals surface area contributed by atoms with Gasteiger partial charge in [-0.3, -0.25) is 4.99 Å². The Morgan fingerprint density at radius 1 is 1.25 bits per heavy atom. The summed E-state index contributed by atoms with van der Waals surface area (Å²) in [6, 6.07) is 6.47. The second kappa shape index (κ2) is 2.19. The van der Waals surface area contributed by atoms with E-state index in [9.17, 15) is 0 Å². The lowest BCUT2D eigenvalue weighted by molar-refractivity contribution is 0.752. The molecule has 1 aromatic rings. The fourth-order valence-electron chi connectivity index (χ4n) is 1.59. The summed E-state index contributed by atoms with van der Waals surface area (Å²) in [4.78, 5) is 4.39. The second-order valence-electron chi connectivity index (χ2n) is 4.00. The Kier molecular flexibility index (Phi) is 1.38. The van der Waals surface area contributed by atoms with Crippen LogP contribution in [0.25, 0.3) is 0 Å². The van der Waals surface area contributed by atoms with Crippen LogP contribution >= 0.6 is 0 Å². The van der Waals surface area contributed by atoms with E-state index >= 15 is 0 Å². The average molecular weight is 159 g/mol. The van der Waals surface area contributed by atoms with Gasteiger partial charge < -0.3 is 0 Å². The smallest absolute Gasteiger partial charge is 0.0669 e. The monoisotopic (exact) mass is 159 g/mol. The van der Waals surface area contributed by atoms with E-state index in [1.807, 2.05) is 6.21 Å². The third-order valence-electron chi connectivity index (χ3n) is 2.37. The van der Waals surface area contributed by atoms with Crippen molar-refractivity contribution in [2.75, 3.05) is 0 Å². The Bertz CT molecular complexity index is 348. The number of aliphatic imine (C=N–C) groups is 1. The van der Waals surface area contributed by atoms with Crippen LogP contribution in [0.4, 0.5) is 5.69 Å². The Morgan fingerprint density at radius 3 is 2.75 bits per heavy atom. The maximum Gasteiger partial charge on any atom is 0.0669 e. The minimum atomic E-state index is 0.128. The van der Waals surface area contributed by atoms with Gasteiger partial charge >= 0.3 is 0 Å². The third-order valence-corrected chi connectivity index (χ3v) is 2.37. The van der Waals surface area contributed by atoms with Gasteiger partial charge in [-0.2, -0.15) is 0 Å². The zero-order valence-electron chi connectivity index (χ0n) is 7.76. The van der Waals surface area contributed by atoms with Crippen LogP contribution in [0.15, 0.2) is 23.2 Å². The van der Waals surface area contributed by atoms with Crippen LogP contribution < -0.4 is 0 Å². The van der Waals surface area contributed by atoms with E-state index in [-0.39, 0.29) is 5.41 Å². The van der Waals surface area contributed by atoms with Gasteiger partial charge in [0.05, 0.1) is 5.69 Å². The minimum Gasteiger partial charge on any atom is -0.260 e. The lowest BCUT2D eigenvalue weighted by Gasteiger charge is -2.15. The molecule has 0 aromatic heterocycles. The lowest BCUT2D eigenvalue weighted by Crippen LogP contribution is -2.14. The Hall–Kier alpha value is -1.11. The first-order chi connectivity index (χ1) is 5.59.